The average Bonchev–Trinajstić information content (AvgIpc) is 2.40. The summed E-state index contributed by atoms with van der Waals surface area (Å²) in [4.78, 5) is 0.0776. The van der Waals surface area contributed by atoms with E-state index in [4.69, 9.17) is 11.6 Å². The molecule has 0 aliphatic heterocycles. The van der Waals surface area contributed by atoms with Gasteiger partial charge in [-0.05, 0) is 30.9 Å². The van der Waals surface area contributed by atoms with Gasteiger partial charge in [0.2, 0.25) is 0 Å². The first kappa shape index (κ1) is 14.4. The van der Waals surface area contributed by atoms with Crippen molar-refractivity contribution in [1.82, 2.24) is 0 Å². The predicted octanol–water partition coefficient (Wildman–Crippen LogP) is 3.59. The first-order valence-corrected chi connectivity index (χ1v) is 8.38. The molecule has 1 aromatic carbocycles. The van der Waals surface area contributed by atoms with Crippen LogP contribution in [0.4, 0.5) is 0 Å². The summed E-state index contributed by atoms with van der Waals surface area (Å²) in [6.45, 7) is 0. The van der Waals surface area contributed by atoms with Crippen molar-refractivity contribution in [2.75, 3.05) is 0 Å². The molecule has 0 bridgehead atoms. The monoisotopic (exact) mass is 297 g/mol. The molecular weight excluding hydrogens is 282 g/mol. The van der Waals surface area contributed by atoms with Gasteiger partial charge in [0.15, 0.2) is 15.1 Å². The van der Waals surface area contributed by atoms with Crippen LogP contribution in [0.25, 0.3) is 0 Å². The molecule has 0 aromatic heterocycles. The van der Waals surface area contributed by atoms with Gasteiger partial charge in [0.05, 0.1) is 16.0 Å². The van der Waals surface area contributed by atoms with Crippen LogP contribution in [0.2, 0.25) is 5.02 Å². The molecule has 1 fully saturated rings. The highest BCUT2D eigenvalue weighted by atomic mass is 35.5. The molecule has 1 unspecified atom stereocenters. The van der Waals surface area contributed by atoms with Crippen molar-refractivity contribution in [1.29, 1.82) is 5.26 Å². The van der Waals surface area contributed by atoms with Gasteiger partial charge in [0, 0.05) is 0 Å². The topological polar surface area (TPSA) is 57.9 Å². The van der Waals surface area contributed by atoms with Gasteiger partial charge < -0.3 is 0 Å². The van der Waals surface area contributed by atoms with Crippen LogP contribution in [0.5, 0.6) is 0 Å². The maximum atomic E-state index is 12.6. The molecule has 1 atom stereocenters. The molecule has 2 rings (SSSR count). The fourth-order valence-electron chi connectivity index (χ4n) is 2.68. The largest absolute Gasteiger partial charge is 0.222 e. The van der Waals surface area contributed by atoms with Gasteiger partial charge in [0.25, 0.3) is 0 Å². The molecule has 0 spiro atoms. The minimum atomic E-state index is -3.67. The summed E-state index contributed by atoms with van der Waals surface area (Å²) < 4.78 is 25.2. The van der Waals surface area contributed by atoms with Crippen LogP contribution in [0.1, 0.15) is 32.1 Å². The molecule has 1 saturated carbocycles. The lowest BCUT2D eigenvalue weighted by molar-refractivity contribution is 0.362. The van der Waals surface area contributed by atoms with Gasteiger partial charge in [-0.2, -0.15) is 5.26 Å². The molecule has 5 heteroatoms. The van der Waals surface area contributed by atoms with Crippen LogP contribution in [-0.4, -0.2) is 13.7 Å². The first-order valence-electron chi connectivity index (χ1n) is 6.45. The zero-order valence-corrected chi connectivity index (χ0v) is 12.1. The van der Waals surface area contributed by atoms with Crippen LogP contribution in [0.15, 0.2) is 29.2 Å². The Hall–Kier alpha value is -1.05. The fraction of sp³-hybridized carbons (Fsp3) is 0.500. The number of hydrogen-bond donors (Lipinski definition) is 0. The summed E-state index contributed by atoms with van der Waals surface area (Å²) in [6.07, 6.45) is 4.74. The highest BCUT2D eigenvalue weighted by Crippen LogP contribution is 2.34. The maximum Gasteiger partial charge on any atom is 0.196 e. The van der Waals surface area contributed by atoms with Gasteiger partial charge in [-0.25, -0.2) is 8.42 Å². The molecule has 0 amide bonds. The standard InChI is InChI=1S/C14H16ClNO2S/c15-12-8-4-5-9-13(12)19(17,18)14(10-16)11-6-2-1-3-7-11/h4-5,8-9,11,14H,1-3,6-7H2. The highest BCUT2D eigenvalue weighted by molar-refractivity contribution is 7.92. The van der Waals surface area contributed by atoms with Crippen LogP contribution in [0.3, 0.4) is 0 Å². The smallest absolute Gasteiger partial charge is 0.196 e. The summed E-state index contributed by atoms with van der Waals surface area (Å²) in [5, 5.41) is 8.51. The number of nitriles is 1. The minimum Gasteiger partial charge on any atom is -0.222 e. The normalized spacial score (nSPS) is 18.7. The first-order chi connectivity index (χ1) is 9.07. The van der Waals surface area contributed by atoms with E-state index in [9.17, 15) is 13.7 Å². The van der Waals surface area contributed by atoms with Crippen molar-refractivity contribution in [3.63, 3.8) is 0 Å². The molecule has 0 heterocycles. The lowest BCUT2D eigenvalue weighted by Crippen LogP contribution is -2.30. The number of nitrogens with zero attached hydrogens (tertiary/aromatic N) is 1. The van der Waals surface area contributed by atoms with Gasteiger partial charge in [0.1, 0.15) is 0 Å². The Morgan fingerprint density at radius 2 is 1.84 bits per heavy atom. The van der Waals surface area contributed by atoms with E-state index in [-0.39, 0.29) is 15.8 Å². The third-order valence-corrected chi connectivity index (χ3v) is 6.25. The molecule has 1 aliphatic rings. The second-order valence-corrected chi connectivity index (χ2v) is 7.37. The Morgan fingerprint density at radius 1 is 1.21 bits per heavy atom. The van der Waals surface area contributed by atoms with Crippen molar-refractivity contribution in [3.8, 4) is 6.07 Å². The summed E-state index contributed by atoms with van der Waals surface area (Å²) in [7, 11) is -3.67. The number of rotatable bonds is 3. The average molecular weight is 298 g/mol. The Morgan fingerprint density at radius 3 is 2.42 bits per heavy atom. The Labute approximate surface area is 119 Å². The van der Waals surface area contributed by atoms with Crippen molar-refractivity contribution in [2.24, 2.45) is 5.92 Å². The predicted molar refractivity (Wildman–Crippen MR) is 74.6 cm³/mol. The van der Waals surface area contributed by atoms with E-state index in [1.807, 2.05) is 6.07 Å². The third-order valence-electron chi connectivity index (χ3n) is 3.68. The van der Waals surface area contributed by atoms with Gasteiger partial charge >= 0.3 is 0 Å². The minimum absolute atomic E-state index is 0.0694. The second kappa shape index (κ2) is 5.94. The SMILES string of the molecule is N#CC(C1CCCCC1)S(=O)(=O)c1ccccc1Cl. The maximum absolute atomic E-state index is 12.6. The Kier molecular flexibility index (Phi) is 4.49. The molecule has 1 aromatic rings. The quantitative estimate of drug-likeness (QED) is 0.856. The Balaban J connectivity index is 2.37. The molecular formula is C14H16ClNO2S. The van der Waals surface area contributed by atoms with E-state index in [0.717, 1.165) is 32.1 Å². The second-order valence-electron chi connectivity index (χ2n) is 4.92. The summed E-state index contributed by atoms with van der Waals surface area (Å²) >= 11 is 5.96. The zero-order chi connectivity index (χ0) is 13.9. The molecule has 102 valence electrons. The lowest BCUT2D eigenvalue weighted by atomic mass is 9.87. The summed E-state index contributed by atoms with van der Waals surface area (Å²) in [6, 6.07) is 8.33. The van der Waals surface area contributed by atoms with Crippen molar-refractivity contribution < 1.29 is 8.42 Å². The van der Waals surface area contributed by atoms with Crippen molar-refractivity contribution >= 4 is 21.4 Å². The van der Waals surface area contributed by atoms with E-state index in [1.54, 1.807) is 18.2 Å². The van der Waals surface area contributed by atoms with E-state index in [1.165, 1.54) is 6.07 Å². The van der Waals surface area contributed by atoms with Crippen molar-refractivity contribution in [3.05, 3.63) is 29.3 Å². The Bertz CT molecular complexity index is 586. The number of halogens is 1. The number of hydrogen-bond acceptors (Lipinski definition) is 3. The molecule has 1 aliphatic carbocycles. The molecule has 0 radical (unpaired) electrons. The van der Waals surface area contributed by atoms with E-state index in [2.05, 4.69) is 0 Å². The van der Waals surface area contributed by atoms with Gasteiger partial charge in [-0.1, -0.05) is 43.0 Å². The molecule has 3 nitrogen and oxygen atoms in total. The molecule has 0 N–H and O–H groups in total. The zero-order valence-electron chi connectivity index (χ0n) is 10.5. The van der Waals surface area contributed by atoms with E-state index in [0.29, 0.717) is 0 Å². The van der Waals surface area contributed by atoms with Gasteiger partial charge in [-0.3, -0.25) is 0 Å². The van der Waals surface area contributed by atoms with Gasteiger partial charge in [-0.15, -0.1) is 0 Å². The van der Waals surface area contributed by atoms with Crippen molar-refractivity contribution in [2.45, 2.75) is 42.2 Å². The van der Waals surface area contributed by atoms with Crippen LogP contribution >= 0.6 is 11.6 Å². The van der Waals surface area contributed by atoms with E-state index >= 15 is 0 Å². The van der Waals surface area contributed by atoms with Crippen LogP contribution in [-0.2, 0) is 9.84 Å². The lowest BCUT2D eigenvalue weighted by Gasteiger charge is -2.25. The third kappa shape index (κ3) is 2.93. The summed E-state index contributed by atoms with van der Waals surface area (Å²) in [5.74, 6) is -0.0694. The fourth-order valence-corrected chi connectivity index (χ4v) is 4.94. The van der Waals surface area contributed by atoms with E-state index < -0.39 is 15.1 Å². The highest BCUT2D eigenvalue weighted by Gasteiger charge is 2.36. The number of benzene rings is 1. The molecule has 19 heavy (non-hydrogen) atoms. The van der Waals surface area contributed by atoms with Crippen LogP contribution < -0.4 is 0 Å². The number of sulfone groups is 1. The van der Waals surface area contributed by atoms with Crippen LogP contribution in [0, 0.1) is 17.2 Å². The summed E-state index contributed by atoms with van der Waals surface area (Å²) in [5.41, 5.74) is 0. The molecule has 0 saturated heterocycles.